The first-order valence-electron chi connectivity index (χ1n) is 5.52. The van der Waals surface area contributed by atoms with Crippen LogP contribution in [0, 0.1) is 0 Å². The van der Waals surface area contributed by atoms with Gasteiger partial charge < -0.3 is 0 Å². The van der Waals surface area contributed by atoms with Gasteiger partial charge in [-0.15, -0.1) is 0 Å². The predicted molar refractivity (Wildman–Crippen MR) is 79.4 cm³/mol. The number of hydrogen-bond acceptors (Lipinski definition) is 3. The van der Waals surface area contributed by atoms with Crippen molar-refractivity contribution in [3.63, 3.8) is 0 Å². The Morgan fingerprint density at radius 2 is 1.83 bits per heavy atom. The fourth-order valence-corrected chi connectivity index (χ4v) is 2.69. The molecule has 0 N–H and O–H groups in total. The van der Waals surface area contributed by atoms with Gasteiger partial charge in [-0.25, -0.2) is 9.97 Å². The Morgan fingerprint density at radius 1 is 1.17 bits per heavy atom. The molecule has 1 aromatic carbocycles. The largest absolute Gasteiger partial charge is 0.226 e. The quantitative estimate of drug-likeness (QED) is 0.719. The number of nitrogens with zero attached hydrogens (tertiary/aromatic N) is 2. The van der Waals surface area contributed by atoms with Crippen molar-refractivity contribution < 1.29 is 0 Å². The van der Waals surface area contributed by atoms with Crippen molar-refractivity contribution in [1.29, 1.82) is 0 Å². The van der Waals surface area contributed by atoms with Crippen molar-refractivity contribution in [3.8, 4) is 0 Å². The monoisotopic (exact) mass is 342 g/mol. The van der Waals surface area contributed by atoms with Crippen LogP contribution in [0.25, 0.3) is 0 Å². The van der Waals surface area contributed by atoms with Crippen LogP contribution in [0.1, 0.15) is 25.6 Å². The summed E-state index contributed by atoms with van der Waals surface area (Å²) in [5, 5.41) is 1.37. The van der Waals surface area contributed by atoms with Gasteiger partial charge in [0.15, 0.2) is 0 Å². The van der Waals surface area contributed by atoms with Crippen molar-refractivity contribution in [3.05, 3.63) is 45.8 Å². The summed E-state index contributed by atoms with van der Waals surface area (Å²) in [6, 6.07) is 9.89. The average molecular weight is 344 g/mol. The molecule has 1 aromatic heterocycles. The van der Waals surface area contributed by atoms with Crippen LogP contribution in [0.2, 0.25) is 5.15 Å². The van der Waals surface area contributed by atoms with E-state index in [1.165, 1.54) is 0 Å². The Balaban J connectivity index is 2.26. The van der Waals surface area contributed by atoms with E-state index in [2.05, 4.69) is 39.7 Å². The van der Waals surface area contributed by atoms with Gasteiger partial charge in [0.1, 0.15) is 16.0 Å². The molecule has 18 heavy (non-hydrogen) atoms. The molecule has 2 rings (SSSR count). The molecule has 0 spiro atoms. The zero-order chi connectivity index (χ0) is 13.1. The lowest BCUT2D eigenvalue weighted by atomic mass is 10.2. The van der Waals surface area contributed by atoms with Gasteiger partial charge in [-0.3, -0.25) is 0 Å². The summed E-state index contributed by atoms with van der Waals surface area (Å²) in [5.41, 5.74) is 0. The minimum absolute atomic E-state index is 0.271. The molecule has 0 saturated carbocycles. The lowest BCUT2D eigenvalue weighted by molar-refractivity contribution is 0.753. The van der Waals surface area contributed by atoms with Gasteiger partial charge in [-0.05, 0) is 24.3 Å². The van der Waals surface area contributed by atoms with Crippen molar-refractivity contribution in [2.24, 2.45) is 0 Å². The second-order valence-corrected chi connectivity index (χ2v) is 6.49. The molecule has 0 radical (unpaired) electrons. The van der Waals surface area contributed by atoms with Crippen LogP contribution in [0.15, 0.2) is 44.7 Å². The minimum Gasteiger partial charge on any atom is -0.226 e. The number of benzene rings is 1. The molecule has 0 unspecified atom stereocenters. The summed E-state index contributed by atoms with van der Waals surface area (Å²) in [7, 11) is 0. The number of hydrogen-bond donors (Lipinski definition) is 0. The predicted octanol–water partition coefficient (Wildman–Crippen LogP) is 5.17. The molecule has 2 aromatic rings. The summed E-state index contributed by atoms with van der Waals surface area (Å²) < 4.78 is 1.07. The Morgan fingerprint density at radius 3 is 2.44 bits per heavy atom. The molecule has 0 aliphatic heterocycles. The lowest BCUT2D eigenvalue weighted by Crippen LogP contribution is -1.98. The van der Waals surface area contributed by atoms with E-state index in [4.69, 9.17) is 11.6 Å². The van der Waals surface area contributed by atoms with Crippen LogP contribution in [0.5, 0.6) is 0 Å². The van der Waals surface area contributed by atoms with Crippen molar-refractivity contribution in [1.82, 2.24) is 9.97 Å². The van der Waals surface area contributed by atoms with Gasteiger partial charge in [0.05, 0.1) is 0 Å². The van der Waals surface area contributed by atoms with Crippen LogP contribution in [0.4, 0.5) is 0 Å². The summed E-state index contributed by atoms with van der Waals surface area (Å²) in [6.07, 6.45) is 0. The first kappa shape index (κ1) is 13.8. The molecule has 0 amide bonds. The van der Waals surface area contributed by atoms with Gasteiger partial charge >= 0.3 is 0 Å². The van der Waals surface area contributed by atoms with Gasteiger partial charge in [-0.1, -0.05) is 53.1 Å². The molecule has 0 aliphatic carbocycles. The Kier molecular flexibility index (Phi) is 4.65. The van der Waals surface area contributed by atoms with E-state index in [9.17, 15) is 0 Å². The minimum atomic E-state index is 0.271. The van der Waals surface area contributed by atoms with E-state index in [-0.39, 0.29) is 5.92 Å². The van der Waals surface area contributed by atoms with E-state index in [0.29, 0.717) is 5.15 Å². The van der Waals surface area contributed by atoms with Crippen molar-refractivity contribution in [2.45, 2.75) is 29.7 Å². The Labute approximate surface area is 124 Å². The topological polar surface area (TPSA) is 25.8 Å². The average Bonchev–Trinajstić information content (AvgIpc) is 2.31. The summed E-state index contributed by atoms with van der Waals surface area (Å²) >= 11 is 11.0. The lowest BCUT2D eigenvalue weighted by Gasteiger charge is -2.07. The van der Waals surface area contributed by atoms with E-state index in [1.54, 1.807) is 17.8 Å². The summed E-state index contributed by atoms with van der Waals surface area (Å²) in [5.74, 6) is 1.05. The molecule has 0 fully saturated rings. The standard InChI is InChI=1S/C13H12BrClN2S/c1-8(2)13-16-11(15)7-12(17-13)18-10-5-3-9(14)4-6-10/h3-8H,1-2H3. The Bertz CT molecular complexity index is 543. The maximum Gasteiger partial charge on any atom is 0.133 e. The van der Waals surface area contributed by atoms with Crippen molar-refractivity contribution >= 4 is 39.3 Å². The second kappa shape index (κ2) is 6.04. The zero-order valence-electron chi connectivity index (χ0n) is 10.0. The Hall–Kier alpha value is -0.580. The van der Waals surface area contributed by atoms with Gasteiger partial charge in [-0.2, -0.15) is 0 Å². The second-order valence-electron chi connectivity index (χ2n) is 4.10. The normalized spacial score (nSPS) is 10.9. The molecule has 0 saturated heterocycles. The SMILES string of the molecule is CC(C)c1nc(Cl)cc(Sc2ccc(Br)cc2)n1. The van der Waals surface area contributed by atoms with E-state index in [1.807, 2.05) is 24.3 Å². The molecule has 5 heteroatoms. The third-order valence-electron chi connectivity index (χ3n) is 2.24. The highest BCUT2D eigenvalue weighted by Gasteiger charge is 2.08. The third kappa shape index (κ3) is 3.70. The van der Waals surface area contributed by atoms with Crippen molar-refractivity contribution in [2.75, 3.05) is 0 Å². The molecule has 2 nitrogen and oxygen atoms in total. The molecule has 0 bridgehead atoms. The highest BCUT2D eigenvalue weighted by molar-refractivity contribution is 9.10. The van der Waals surface area contributed by atoms with Crippen LogP contribution in [0.3, 0.4) is 0 Å². The van der Waals surface area contributed by atoms with E-state index in [0.717, 1.165) is 20.2 Å². The van der Waals surface area contributed by atoms with E-state index < -0.39 is 0 Å². The van der Waals surface area contributed by atoms with Crippen LogP contribution in [-0.2, 0) is 0 Å². The van der Waals surface area contributed by atoms with Crippen LogP contribution < -0.4 is 0 Å². The first-order chi connectivity index (χ1) is 8.54. The fraction of sp³-hybridized carbons (Fsp3) is 0.231. The van der Waals surface area contributed by atoms with Gasteiger partial charge in [0.25, 0.3) is 0 Å². The number of rotatable bonds is 3. The van der Waals surface area contributed by atoms with Gasteiger partial charge in [0.2, 0.25) is 0 Å². The van der Waals surface area contributed by atoms with E-state index >= 15 is 0 Å². The molecular weight excluding hydrogens is 332 g/mol. The molecular formula is C13H12BrClN2S. The van der Waals surface area contributed by atoms with Gasteiger partial charge in [0, 0.05) is 21.4 Å². The number of halogens is 2. The third-order valence-corrected chi connectivity index (χ3v) is 3.89. The van der Waals surface area contributed by atoms with Crippen LogP contribution in [-0.4, -0.2) is 9.97 Å². The summed E-state index contributed by atoms with van der Waals surface area (Å²) in [4.78, 5) is 9.86. The number of aromatic nitrogens is 2. The first-order valence-corrected chi connectivity index (χ1v) is 7.51. The summed E-state index contributed by atoms with van der Waals surface area (Å²) in [6.45, 7) is 4.11. The molecule has 0 aliphatic rings. The maximum absolute atomic E-state index is 6.01. The highest BCUT2D eigenvalue weighted by atomic mass is 79.9. The highest BCUT2D eigenvalue weighted by Crippen LogP contribution is 2.29. The van der Waals surface area contributed by atoms with Crippen LogP contribution >= 0.6 is 39.3 Å². The molecule has 0 atom stereocenters. The fourth-order valence-electron chi connectivity index (χ4n) is 1.35. The zero-order valence-corrected chi connectivity index (χ0v) is 13.2. The smallest absolute Gasteiger partial charge is 0.133 e. The molecule has 94 valence electrons. The molecule has 1 heterocycles. The maximum atomic E-state index is 6.01.